The van der Waals surface area contributed by atoms with E-state index in [-0.39, 0.29) is 0 Å². The zero-order chi connectivity index (χ0) is 11.5. The number of fused-ring (bicyclic) bond motifs is 1. The Bertz CT molecular complexity index is 492. The molecule has 0 fully saturated rings. The van der Waals surface area contributed by atoms with Gasteiger partial charge in [-0.1, -0.05) is 35.7 Å². The molecule has 4 nitrogen and oxygen atoms in total. The van der Waals surface area contributed by atoms with Gasteiger partial charge in [0.2, 0.25) is 0 Å². The summed E-state index contributed by atoms with van der Waals surface area (Å²) in [4.78, 5) is 4.45. The Labute approximate surface area is 103 Å². The van der Waals surface area contributed by atoms with Crippen LogP contribution in [0.5, 0.6) is 0 Å². The molecule has 0 bridgehead atoms. The Kier molecular flexibility index (Phi) is 3.43. The maximum Gasteiger partial charge on any atom is 0.159 e. The maximum atomic E-state index is 5.86. The van der Waals surface area contributed by atoms with Gasteiger partial charge in [0.25, 0.3) is 0 Å². The number of hydrogen-bond acceptors (Lipinski definition) is 3. The number of nitrogen functional groups attached to an aromatic ring is 1. The van der Waals surface area contributed by atoms with E-state index in [9.17, 15) is 0 Å². The lowest BCUT2D eigenvalue weighted by molar-refractivity contribution is 0.692. The Hall–Kier alpha value is -1.10. The fourth-order valence-electron chi connectivity index (χ4n) is 1.66. The smallest absolute Gasteiger partial charge is 0.159 e. The van der Waals surface area contributed by atoms with Crippen molar-refractivity contribution in [3.8, 4) is 0 Å². The number of aryl methyl sites for hydroxylation is 1. The molecule has 2 heterocycles. The minimum atomic E-state index is 0.610. The van der Waals surface area contributed by atoms with E-state index in [1.54, 1.807) is 4.52 Å². The van der Waals surface area contributed by atoms with Crippen molar-refractivity contribution in [3.63, 3.8) is 0 Å². The maximum absolute atomic E-state index is 5.86. The summed E-state index contributed by atoms with van der Waals surface area (Å²) < 4.78 is 2.62. The summed E-state index contributed by atoms with van der Waals surface area (Å²) in [5, 5.41) is 4.38. The van der Waals surface area contributed by atoms with Crippen molar-refractivity contribution in [1.29, 1.82) is 0 Å². The third-order valence-electron chi connectivity index (χ3n) is 2.48. The Morgan fingerprint density at radius 1 is 1.38 bits per heavy atom. The van der Waals surface area contributed by atoms with Crippen LogP contribution in [-0.4, -0.2) is 14.6 Å². The lowest BCUT2D eigenvalue weighted by atomic mass is 10.2. The van der Waals surface area contributed by atoms with Gasteiger partial charge >= 0.3 is 0 Å². The monoisotopic (exact) mass is 282 g/mol. The summed E-state index contributed by atoms with van der Waals surface area (Å²) in [6.07, 6.45) is 4.48. The first-order valence-electron chi connectivity index (χ1n) is 5.51. The quantitative estimate of drug-likeness (QED) is 0.878. The van der Waals surface area contributed by atoms with Gasteiger partial charge in [-0.05, 0) is 18.6 Å². The third-order valence-corrected chi connectivity index (χ3v) is 2.94. The molecule has 0 unspecified atom stereocenters. The highest BCUT2D eigenvalue weighted by Crippen LogP contribution is 2.17. The zero-order valence-electron chi connectivity index (χ0n) is 9.28. The van der Waals surface area contributed by atoms with Crippen LogP contribution in [-0.2, 0) is 6.42 Å². The lowest BCUT2D eigenvalue weighted by Gasteiger charge is -1.97. The predicted molar refractivity (Wildman–Crippen MR) is 68.3 cm³/mol. The molecule has 0 amide bonds. The summed E-state index contributed by atoms with van der Waals surface area (Å²) in [5.41, 5.74) is 6.66. The highest BCUT2D eigenvalue weighted by Gasteiger charge is 2.06. The zero-order valence-corrected chi connectivity index (χ0v) is 10.9. The number of nitrogens with two attached hydrogens (primary N) is 1. The molecule has 86 valence electrons. The molecular formula is C11H15BrN4. The van der Waals surface area contributed by atoms with E-state index in [0.717, 1.165) is 28.8 Å². The van der Waals surface area contributed by atoms with E-state index in [4.69, 9.17) is 5.73 Å². The van der Waals surface area contributed by atoms with Gasteiger partial charge in [0.15, 0.2) is 11.5 Å². The standard InChI is InChI=1S/C11H15BrN4/c1-2-3-4-5-10-14-11-7-8(12)6-9(13)16(11)15-10/h6-7H,2-5,13H2,1H3. The Balaban J connectivity index is 2.26. The second kappa shape index (κ2) is 4.82. The minimum absolute atomic E-state index is 0.610. The van der Waals surface area contributed by atoms with E-state index in [1.807, 2.05) is 12.1 Å². The normalized spacial score (nSPS) is 11.1. The first-order valence-corrected chi connectivity index (χ1v) is 6.30. The molecule has 16 heavy (non-hydrogen) atoms. The van der Waals surface area contributed by atoms with E-state index >= 15 is 0 Å². The Morgan fingerprint density at radius 3 is 2.94 bits per heavy atom. The topological polar surface area (TPSA) is 56.2 Å². The fraction of sp³-hybridized carbons (Fsp3) is 0.455. The molecule has 0 aromatic carbocycles. The summed E-state index contributed by atoms with van der Waals surface area (Å²) in [7, 11) is 0. The van der Waals surface area contributed by atoms with Crippen LogP contribution in [0.2, 0.25) is 0 Å². The largest absolute Gasteiger partial charge is 0.384 e. The average Bonchev–Trinajstić information content (AvgIpc) is 2.61. The number of aromatic nitrogens is 3. The Morgan fingerprint density at radius 2 is 2.19 bits per heavy atom. The number of rotatable bonds is 4. The van der Waals surface area contributed by atoms with Gasteiger partial charge in [0.1, 0.15) is 5.82 Å². The van der Waals surface area contributed by atoms with Crippen LogP contribution in [0.3, 0.4) is 0 Å². The van der Waals surface area contributed by atoms with Crippen LogP contribution in [0.25, 0.3) is 5.65 Å². The van der Waals surface area contributed by atoms with Crippen molar-refractivity contribution >= 4 is 27.4 Å². The molecule has 0 aliphatic rings. The summed E-state index contributed by atoms with van der Waals surface area (Å²) in [6.45, 7) is 2.19. The van der Waals surface area contributed by atoms with Crippen molar-refractivity contribution in [3.05, 3.63) is 22.4 Å². The summed E-state index contributed by atoms with van der Waals surface area (Å²) in [5.74, 6) is 1.48. The molecule has 0 saturated carbocycles. The van der Waals surface area contributed by atoms with Gasteiger partial charge in [-0.3, -0.25) is 0 Å². The molecule has 2 rings (SSSR count). The molecule has 0 aliphatic heterocycles. The summed E-state index contributed by atoms with van der Waals surface area (Å²) in [6, 6.07) is 3.75. The van der Waals surface area contributed by atoms with Crippen LogP contribution in [0.15, 0.2) is 16.6 Å². The van der Waals surface area contributed by atoms with E-state index in [0.29, 0.717) is 5.82 Å². The second-order valence-corrected chi connectivity index (χ2v) is 4.77. The van der Waals surface area contributed by atoms with Crippen LogP contribution in [0.1, 0.15) is 32.0 Å². The number of unbranched alkanes of at least 4 members (excludes halogenated alkanes) is 2. The predicted octanol–water partition coefficient (Wildman–Crippen LogP) is 2.81. The summed E-state index contributed by atoms with van der Waals surface area (Å²) >= 11 is 3.40. The molecular weight excluding hydrogens is 268 g/mol. The molecule has 0 atom stereocenters. The average molecular weight is 283 g/mol. The van der Waals surface area contributed by atoms with Gasteiger partial charge in [-0.2, -0.15) is 4.52 Å². The van der Waals surface area contributed by atoms with Gasteiger partial charge in [0, 0.05) is 10.9 Å². The first kappa shape index (κ1) is 11.4. The number of halogens is 1. The number of hydrogen-bond donors (Lipinski definition) is 1. The van der Waals surface area contributed by atoms with Crippen molar-refractivity contribution in [2.45, 2.75) is 32.6 Å². The second-order valence-electron chi connectivity index (χ2n) is 3.85. The molecule has 2 aromatic heterocycles. The number of anilines is 1. The van der Waals surface area contributed by atoms with Gasteiger partial charge in [-0.25, -0.2) is 4.98 Å². The molecule has 0 spiro atoms. The molecule has 0 saturated heterocycles. The van der Waals surface area contributed by atoms with Gasteiger partial charge < -0.3 is 5.73 Å². The van der Waals surface area contributed by atoms with Gasteiger partial charge in [-0.15, -0.1) is 5.10 Å². The lowest BCUT2D eigenvalue weighted by Crippen LogP contribution is -1.98. The van der Waals surface area contributed by atoms with E-state index in [2.05, 4.69) is 32.9 Å². The highest BCUT2D eigenvalue weighted by molar-refractivity contribution is 9.10. The molecule has 0 aliphatic carbocycles. The van der Waals surface area contributed by atoms with Gasteiger partial charge in [0.05, 0.1) is 0 Å². The van der Waals surface area contributed by atoms with Crippen molar-refractivity contribution in [2.24, 2.45) is 0 Å². The van der Waals surface area contributed by atoms with Crippen LogP contribution >= 0.6 is 15.9 Å². The minimum Gasteiger partial charge on any atom is -0.384 e. The van der Waals surface area contributed by atoms with Crippen LogP contribution in [0.4, 0.5) is 5.82 Å². The van der Waals surface area contributed by atoms with E-state index < -0.39 is 0 Å². The van der Waals surface area contributed by atoms with E-state index in [1.165, 1.54) is 12.8 Å². The third kappa shape index (κ3) is 2.35. The number of pyridine rings is 1. The molecule has 2 aromatic rings. The molecule has 2 N–H and O–H groups in total. The first-order chi connectivity index (χ1) is 7.70. The van der Waals surface area contributed by atoms with Crippen LogP contribution < -0.4 is 5.73 Å². The highest BCUT2D eigenvalue weighted by atomic mass is 79.9. The number of nitrogens with zero attached hydrogens (tertiary/aromatic N) is 3. The van der Waals surface area contributed by atoms with Crippen molar-refractivity contribution in [2.75, 3.05) is 5.73 Å². The van der Waals surface area contributed by atoms with Crippen molar-refractivity contribution < 1.29 is 0 Å². The molecule has 5 heteroatoms. The fourth-order valence-corrected chi connectivity index (χ4v) is 2.10. The SMILES string of the molecule is CCCCCc1nc2cc(Br)cc(N)n2n1. The van der Waals surface area contributed by atoms with Crippen molar-refractivity contribution in [1.82, 2.24) is 14.6 Å². The van der Waals surface area contributed by atoms with Crippen LogP contribution in [0, 0.1) is 0 Å². The molecule has 0 radical (unpaired) electrons.